The Labute approximate surface area is 172 Å². The average Bonchev–Trinajstić information content (AvgIpc) is 2.67. The van der Waals surface area contributed by atoms with Crippen molar-refractivity contribution in [1.29, 1.82) is 0 Å². The molecule has 166 valence electrons. The van der Waals surface area contributed by atoms with Gasteiger partial charge in [0.05, 0.1) is 17.7 Å². The molecule has 0 heterocycles. The Kier molecular flexibility index (Phi) is 12.6. The highest BCUT2D eigenvalue weighted by atomic mass is 19.4. The molecule has 2 nitrogen and oxygen atoms in total. The summed E-state index contributed by atoms with van der Waals surface area (Å²) in [6.45, 7) is 2.39. The molecule has 0 saturated heterocycles. The molecule has 0 bridgehead atoms. The number of alkyl halides is 3. The van der Waals surface area contributed by atoms with Gasteiger partial charge in [0, 0.05) is 0 Å². The van der Waals surface area contributed by atoms with Crippen molar-refractivity contribution < 1.29 is 27.1 Å². The zero-order valence-electron chi connectivity index (χ0n) is 17.5. The van der Waals surface area contributed by atoms with Crippen LogP contribution in [0.4, 0.5) is 17.6 Å². The number of carbonyl (C=O) groups excluding carboxylic acids is 1. The lowest BCUT2D eigenvalue weighted by Gasteiger charge is -2.10. The van der Waals surface area contributed by atoms with E-state index in [9.17, 15) is 22.4 Å². The third-order valence-electron chi connectivity index (χ3n) is 4.99. The third kappa shape index (κ3) is 11.2. The van der Waals surface area contributed by atoms with Crippen LogP contribution in [0.2, 0.25) is 0 Å². The van der Waals surface area contributed by atoms with E-state index in [2.05, 4.69) is 6.92 Å². The van der Waals surface area contributed by atoms with E-state index < -0.39 is 23.5 Å². The van der Waals surface area contributed by atoms with Crippen molar-refractivity contribution in [3.63, 3.8) is 0 Å². The van der Waals surface area contributed by atoms with Crippen LogP contribution in [-0.4, -0.2) is 12.6 Å². The second-order valence-corrected chi connectivity index (χ2v) is 7.57. The second-order valence-electron chi connectivity index (χ2n) is 7.57. The molecule has 6 heteroatoms. The Balaban J connectivity index is 2.06. The first-order chi connectivity index (χ1) is 13.9. The van der Waals surface area contributed by atoms with Crippen LogP contribution in [0.5, 0.6) is 0 Å². The van der Waals surface area contributed by atoms with E-state index >= 15 is 0 Å². The quantitative estimate of drug-likeness (QED) is 0.163. The van der Waals surface area contributed by atoms with Gasteiger partial charge in [0.25, 0.3) is 0 Å². The number of benzene rings is 1. The maximum Gasteiger partial charge on any atom is 0.419 e. The van der Waals surface area contributed by atoms with E-state index in [1.807, 2.05) is 0 Å². The SMILES string of the molecule is CCCCCCCCCCCCCCCOC(=O)c1ccc(F)c(C(F)(F)F)c1. The molecule has 0 saturated carbocycles. The number of ether oxygens (including phenoxy) is 1. The number of hydrogen-bond acceptors (Lipinski definition) is 2. The highest BCUT2D eigenvalue weighted by Gasteiger charge is 2.34. The van der Waals surface area contributed by atoms with E-state index in [-0.39, 0.29) is 12.2 Å². The summed E-state index contributed by atoms with van der Waals surface area (Å²) >= 11 is 0. The molecule has 0 atom stereocenters. The molecule has 0 aliphatic rings. The second kappa shape index (κ2) is 14.4. The lowest BCUT2D eigenvalue weighted by molar-refractivity contribution is -0.140. The maximum atomic E-state index is 13.2. The number of halogens is 4. The van der Waals surface area contributed by atoms with E-state index in [4.69, 9.17) is 4.74 Å². The zero-order chi connectivity index (χ0) is 21.5. The van der Waals surface area contributed by atoms with Crippen LogP contribution in [0, 0.1) is 5.82 Å². The fraction of sp³-hybridized carbons (Fsp3) is 0.696. The summed E-state index contributed by atoms with van der Waals surface area (Å²) < 4.78 is 56.3. The zero-order valence-corrected chi connectivity index (χ0v) is 17.5. The van der Waals surface area contributed by atoms with Crippen LogP contribution in [0.3, 0.4) is 0 Å². The lowest BCUT2D eigenvalue weighted by Crippen LogP contribution is -2.12. The molecule has 29 heavy (non-hydrogen) atoms. The molecule has 1 aromatic rings. The Bertz CT molecular complexity index is 585. The van der Waals surface area contributed by atoms with Crippen molar-refractivity contribution in [2.24, 2.45) is 0 Å². The van der Waals surface area contributed by atoms with Crippen LogP contribution in [0.15, 0.2) is 18.2 Å². The molecule has 0 fully saturated rings. The average molecular weight is 419 g/mol. The van der Waals surface area contributed by atoms with Crippen molar-refractivity contribution >= 4 is 5.97 Å². The van der Waals surface area contributed by atoms with E-state index in [1.165, 1.54) is 57.8 Å². The Morgan fingerprint density at radius 3 is 1.79 bits per heavy atom. The number of hydrogen-bond donors (Lipinski definition) is 0. The fourth-order valence-electron chi connectivity index (χ4n) is 3.24. The van der Waals surface area contributed by atoms with Crippen molar-refractivity contribution in [3.8, 4) is 0 Å². The standard InChI is InChI=1S/C23H34F4O2/c1-2-3-4-5-6-7-8-9-10-11-12-13-14-17-29-22(28)19-15-16-21(24)20(18-19)23(25,26)27/h15-16,18H,2-14,17H2,1H3. The van der Waals surface area contributed by atoms with Gasteiger partial charge in [0.1, 0.15) is 5.82 Å². The van der Waals surface area contributed by atoms with Gasteiger partial charge in [-0.1, -0.05) is 84.0 Å². The summed E-state index contributed by atoms with van der Waals surface area (Å²) in [5, 5.41) is 0. The predicted octanol–water partition coefficient (Wildman–Crippen LogP) is 8.09. The van der Waals surface area contributed by atoms with Crippen LogP contribution in [0.25, 0.3) is 0 Å². The van der Waals surface area contributed by atoms with Gasteiger partial charge in [-0.25, -0.2) is 9.18 Å². The number of carbonyl (C=O) groups is 1. The molecule has 0 N–H and O–H groups in total. The number of rotatable bonds is 15. The Hall–Kier alpha value is -1.59. The largest absolute Gasteiger partial charge is 0.462 e. The van der Waals surface area contributed by atoms with Crippen LogP contribution >= 0.6 is 0 Å². The van der Waals surface area contributed by atoms with E-state index in [0.29, 0.717) is 18.6 Å². The van der Waals surface area contributed by atoms with Crippen LogP contribution in [-0.2, 0) is 10.9 Å². The van der Waals surface area contributed by atoms with Crippen molar-refractivity contribution in [3.05, 3.63) is 35.1 Å². The normalized spacial score (nSPS) is 11.6. The minimum atomic E-state index is -4.84. The number of esters is 1. The monoisotopic (exact) mass is 418 g/mol. The minimum Gasteiger partial charge on any atom is -0.462 e. The number of unbranched alkanes of at least 4 members (excludes halogenated alkanes) is 12. The first-order valence-electron chi connectivity index (χ1n) is 10.9. The van der Waals surface area contributed by atoms with Crippen LogP contribution < -0.4 is 0 Å². The molecule has 0 unspecified atom stereocenters. The molecule has 0 aliphatic carbocycles. The Morgan fingerprint density at radius 2 is 1.31 bits per heavy atom. The van der Waals surface area contributed by atoms with Gasteiger partial charge in [-0.05, 0) is 24.6 Å². The highest BCUT2D eigenvalue weighted by Crippen LogP contribution is 2.32. The minimum absolute atomic E-state index is 0.162. The third-order valence-corrected chi connectivity index (χ3v) is 4.99. The van der Waals surface area contributed by atoms with Gasteiger partial charge in [-0.2, -0.15) is 13.2 Å². The molecule has 0 aromatic heterocycles. The predicted molar refractivity (Wildman–Crippen MR) is 107 cm³/mol. The molecule has 0 aliphatic heterocycles. The summed E-state index contributed by atoms with van der Waals surface area (Å²) in [4.78, 5) is 11.8. The first kappa shape index (κ1) is 25.4. The summed E-state index contributed by atoms with van der Waals surface area (Å²) in [7, 11) is 0. The van der Waals surface area contributed by atoms with E-state index in [1.54, 1.807) is 0 Å². The molecule has 0 spiro atoms. The highest BCUT2D eigenvalue weighted by molar-refractivity contribution is 5.89. The summed E-state index contributed by atoms with van der Waals surface area (Å²) in [6, 6.07) is 2.16. The molecule has 1 rings (SSSR count). The summed E-state index contributed by atoms with van der Waals surface area (Å²) in [5.74, 6) is -2.25. The lowest BCUT2D eigenvalue weighted by atomic mass is 10.0. The van der Waals surface area contributed by atoms with Crippen molar-refractivity contribution in [2.75, 3.05) is 6.61 Å². The van der Waals surface area contributed by atoms with Crippen molar-refractivity contribution in [2.45, 2.75) is 96.6 Å². The van der Waals surface area contributed by atoms with E-state index in [0.717, 1.165) is 25.3 Å². The van der Waals surface area contributed by atoms with Gasteiger partial charge in [0.15, 0.2) is 0 Å². The molecule has 0 radical (unpaired) electrons. The van der Waals surface area contributed by atoms with Gasteiger partial charge >= 0.3 is 12.1 Å². The first-order valence-corrected chi connectivity index (χ1v) is 10.9. The van der Waals surface area contributed by atoms with Gasteiger partial charge < -0.3 is 4.74 Å². The Morgan fingerprint density at radius 1 is 0.828 bits per heavy atom. The van der Waals surface area contributed by atoms with Gasteiger partial charge in [-0.15, -0.1) is 0 Å². The molecular weight excluding hydrogens is 384 g/mol. The molecular formula is C23H34F4O2. The fourth-order valence-corrected chi connectivity index (χ4v) is 3.24. The van der Waals surface area contributed by atoms with Crippen molar-refractivity contribution in [1.82, 2.24) is 0 Å². The summed E-state index contributed by atoms with van der Waals surface area (Å²) in [5.41, 5.74) is -1.73. The molecule has 0 amide bonds. The smallest absolute Gasteiger partial charge is 0.419 e. The summed E-state index contributed by atoms with van der Waals surface area (Å²) in [6.07, 6.45) is 10.7. The van der Waals surface area contributed by atoms with Gasteiger partial charge in [-0.3, -0.25) is 0 Å². The van der Waals surface area contributed by atoms with Crippen LogP contribution in [0.1, 0.15) is 106 Å². The molecule has 1 aromatic carbocycles. The topological polar surface area (TPSA) is 26.3 Å². The van der Waals surface area contributed by atoms with Gasteiger partial charge in [0.2, 0.25) is 0 Å². The maximum absolute atomic E-state index is 13.2.